The van der Waals surface area contributed by atoms with Crippen LogP contribution in [0.3, 0.4) is 0 Å². The molecule has 0 aromatic heterocycles. The number of carbonyl (C=O) groups is 2. The van der Waals surface area contributed by atoms with E-state index in [1.165, 1.54) is 25.3 Å². The zero-order valence-corrected chi connectivity index (χ0v) is 13.9. The quantitative estimate of drug-likeness (QED) is 0.493. The van der Waals surface area contributed by atoms with Crippen LogP contribution < -0.4 is 5.32 Å². The molecule has 130 valence electrons. The highest BCUT2D eigenvalue weighted by atomic mass is 35.5. The summed E-state index contributed by atoms with van der Waals surface area (Å²) in [5.41, 5.74) is -0.140. The molecule has 1 aromatic carbocycles. The van der Waals surface area contributed by atoms with E-state index in [1.807, 2.05) is 4.90 Å². The molecule has 1 aliphatic rings. The number of rotatable bonds is 5. The average Bonchev–Trinajstić information content (AvgIpc) is 2.54. The van der Waals surface area contributed by atoms with Crippen molar-refractivity contribution < 1.29 is 19.2 Å². The number of amides is 1. The number of benzene rings is 1. The summed E-state index contributed by atoms with van der Waals surface area (Å²) < 4.78 is 4.72. The van der Waals surface area contributed by atoms with Crippen molar-refractivity contribution in [1.29, 1.82) is 0 Å². The lowest BCUT2D eigenvalue weighted by Crippen LogP contribution is -2.41. The zero-order chi connectivity index (χ0) is 17.7. The van der Waals surface area contributed by atoms with Crippen LogP contribution in [0.2, 0.25) is 5.02 Å². The number of nitrogens with one attached hydrogen (secondary N) is 1. The lowest BCUT2D eigenvalue weighted by atomic mass is 9.97. The van der Waals surface area contributed by atoms with E-state index in [-0.39, 0.29) is 35.7 Å². The Bertz CT molecular complexity index is 644. The van der Waals surface area contributed by atoms with Gasteiger partial charge in [-0.15, -0.1) is 0 Å². The van der Waals surface area contributed by atoms with Crippen molar-refractivity contribution in [2.75, 3.05) is 32.1 Å². The summed E-state index contributed by atoms with van der Waals surface area (Å²) >= 11 is 5.83. The van der Waals surface area contributed by atoms with Gasteiger partial charge in [0.15, 0.2) is 0 Å². The largest absolute Gasteiger partial charge is 0.469 e. The maximum atomic E-state index is 12.1. The van der Waals surface area contributed by atoms with Crippen LogP contribution in [0.1, 0.15) is 12.8 Å². The standard InChI is InChI=1S/C15H18ClN3O5/c1-24-15(21)10-4-6-18(7-5-10)9-14(20)17-12-8-11(16)2-3-13(12)19(22)23/h2-3,8,10H,4-7,9H2,1H3,(H,17,20). The number of piperidine rings is 1. The summed E-state index contributed by atoms with van der Waals surface area (Å²) in [7, 11) is 1.36. The fourth-order valence-corrected chi connectivity index (χ4v) is 2.83. The second kappa shape index (κ2) is 8.07. The number of nitro benzene ring substituents is 1. The van der Waals surface area contributed by atoms with Gasteiger partial charge in [-0.25, -0.2) is 0 Å². The molecule has 1 fully saturated rings. The summed E-state index contributed by atoms with van der Waals surface area (Å²) in [6.45, 7) is 1.27. The molecule has 0 atom stereocenters. The predicted octanol–water partition coefficient (Wildman–Crippen LogP) is 2.07. The van der Waals surface area contributed by atoms with Gasteiger partial charge >= 0.3 is 5.97 Å². The fraction of sp³-hybridized carbons (Fsp3) is 0.467. The van der Waals surface area contributed by atoms with Crippen molar-refractivity contribution in [2.45, 2.75) is 12.8 Å². The fourth-order valence-electron chi connectivity index (χ4n) is 2.65. The molecular weight excluding hydrogens is 338 g/mol. The minimum absolute atomic E-state index is 0.0712. The third kappa shape index (κ3) is 4.65. The maximum Gasteiger partial charge on any atom is 0.308 e. The number of methoxy groups -OCH3 is 1. The van der Waals surface area contributed by atoms with Crippen LogP contribution >= 0.6 is 11.6 Å². The highest BCUT2D eigenvalue weighted by Gasteiger charge is 2.26. The second-order valence-electron chi connectivity index (χ2n) is 5.54. The maximum absolute atomic E-state index is 12.1. The van der Waals surface area contributed by atoms with Gasteiger partial charge < -0.3 is 10.1 Å². The molecule has 24 heavy (non-hydrogen) atoms. The topological polar surface area (TPSA) is 102 Å². The van der Waals surface area contributed by atoms with Crippen LogP contribution in [0.15, 0.2) is 18.2 Å². The molecule has 1 heterocycles. The van der Waals surface area contributed by atoms with E-state index in [9.17, 15) is 19.7 Å². The zero-order valence-electron chi connectivity index (χ0n) is 13.2. The van der Waals surface area contributed by atoms with Gasteiger partial charge in [0.05, 0.1) is 24.5 Å². The number of nitro groups is 1. The molecule has 0 aliphatic carbocycles. The minimum Gasteiger partial charge on any atom is -0.469 e. The van der Waals surface area contributed by atoms with Crippen molar-refractivity contribution in [3.8, 4) is 0 Å². The Morgan fingerprint density at radius 1 is 1.42 bits per heavy atom. The number of nitrogens with zero attached hydrogens (tertiary/aromatic N) is 2. The Morgan fingerprint density at radius 2 is 2.08 bits per heavy atom. The van der Waals surface area contributed by atoms with Crippen molar-refractivity contribution in [2.24, 2.45) is 5.92 Å². The molecule has 0 saturated carbocycles. The van der Waals surface area contributed by atoms with E-state index in [0.717, 1.165) is 0 Å². The monoisotopic (exact) mass is 355 g/mol. The smallest absolute Gasteiger partial charge is 0.308 e. The van der Waals surface area contributed by atoms with E-state index in [2.05, 4.69) is 5.32 Å². The number of esters is 1. The predicted molar refractivity (Wildman–Crippen MR) is 87.9 cm³/mol. The van der Waals surface area contributed by atoms with Gasteiger partial charge in [-0.3, -0.25) is 24.6 Å². The Kier molecular flexibility index (Phi) is 6.10. The first-order valence-electron chi connectivity index (χ1n) is 7.44. The molecule has 0 unspecified atom stereocenters. The van der Waals surface area contributed by atoms with Crippen molar-refractivity contribution in [3.05, 3.63) is 33.3 Å². The van der Waals surface area contributed by atoms with Crippen molar-refractivity contribution >= 4 is 34.9 Å². The normalized spacial score (nSPS) is 15.8. The first-order chi connectivity index (χ1) is 11.4. The number of halogens is 1. The Morgan fingerprint density at radius 3 is 2.67 bits per heavy atom. The molecule has 0 radical (unpaired) electrons. The summed E-state index contributed by atoms with van der Waals surface area (Å²) in [6, 6.07) is 3.99. The summed E-state index contributed by atoms with van der Waals surface area (Å²) in [5, 5.41) is 13.8. The number of hydrogen-bond acceptors (Lipinski definition) is 6. The molecule has 1 saturated heterocycles. The van der Waals surface area contributed by atoms with Crippen molar-refractivity contribution in [3.63, 3.8) is 0 Å². The Balaban J connectivity index is 1.92. The lowest BCUT2D eigenvalue weighted by Gasteiger charge is -2.29. The molecule has 1 N–H and O–H groups in total. The van der Waals surface area contributed by atoms with Gasteiger partial charge in [0.2, 0.25) is 5.91 Å². The van der Waals surface area contributed by atoms with Crippen molar-refractivity contribution in [1.82, 2.24) is 4.90 Å². The Labute approximate surface area is 143 Å². The number of carbonyl (C=O) groups excluding carboxylic acids is 2. The third-order valence-electron chi connectivity index (χ3n) is 3.92. The summed E-state index contributed by atoms with van der Waals surface area (Å²) in [4.78, 5) is 35.9. The van der Waals surface area contributed by atoms with E-state index in [1.54, 1.807) is 0 Å². The second-order valence-corrected chi connectivity index (χ2v) is 5.98. The van der Waals surface area contributed by atoms with Gasteiger partial charge in [0.1, 0.15) is 5.69 Å². The van der Waals surface area contributed by atoms with E-state index >= 15 is 0 Å². The molecule has 2 rings (SSSR count). The average molecular weight is 356 g/mol. The molecule has 1 aliphatic heterocycles. The van der Waals surface area contributed by atoms with Crippen LogP contribution in [0.25, 0.3) is 0 Å². The first-order valence-corrected chi connectivity index (χ1v) is 7.82. The van der Waals surface area contributed by atoms with Gasteiger partial charge in [-0.2, -0.15) is 0 Å². The van der Waals surface area contributed by atoms with Crippen LogP contribution in [-0.2, 0) is 14.3 Å². The molecule has 0 spiro atoms. The number of hydrogen-bond donors (Lipinski definition) is 1. The molecular formula is C15H18ClN3O5. The highest BCUT2D eigenvalue weighted by molar-refractivity contribution is 6.31. The summed E-state index contributed by atoms with van der Waals surface area (Å²) in [5.74, 6) is -0.728. The highest BCUT2D eigenvalue weighted by Crippen LogP contribution is 2.27. The molecule has 1 amide bonds. The van der Waals surface area contributed by atoms with E-state index in [4.69, 9.17) is 16.3 Å². The van der Waals surface area contributed by atoms with Gasteiger partial charge in [-0.05, 0) is 38.1 Å². The summed E-state index contributed by atoms with van der Waals surface area (Å²) in [6.07, 6.45) is 1.24. The van der Waals surface area contributed by atoms with Crippen LogP contribution in [0, 0.1) is 16.0 Å². The number of ether oxygens (including phenoxy) is 1. The molecule has 0 bridgehead atoms. The van der Waals surface area contributed by atoms with Crippen LogP contribution in [0.4, 0.5) is 11.4 Å². The molecule has 8 nitrogen and oxygen atoms in total. The Hall–Kier alpha value is -2.19. The third-order valence-corrected chi connectivity index (χ3v) is 4.15. The van der Waals surface area contributed by atoms with Crippen LogP contribution in [0.5, 0.6) is 0 Å². The lowest BCUT2D eigenvalue weighted by molar-refractivity contribution is -0.383. The van der Waals surface area contributed by atoms with E-state index in [0.29, 0.717) is 31.0 Å². The first kappa shape index (κ1) is 18.2. The van der Waals surface area contributed by atoms with Gasteiger partial charge in [-0.1, -0.05) is 11.6 Å². The van der Waals surface area contributed by atoms with E-state index < -0.39 is 4.92 Å². The molecule has 9 heteroatoms. The van der Waals surface area contributed by atoms with Gasteiger partial charge in [0, 0.05) is 11.1 Å². The number of anilines is 1. The van der Waals surface area contributed by atoms with Gasteiger partial charge in [0.25, 0.3) is 5.69 Å². The van der Waals surface area contributed by atoms with Crippen LogP contribution in [-0.4, -0.2) is 48.4 Å². The molecule has 1 aromatic rings. The SMILES string of the molecule is COC(=O)C1CCN(CC(=O)Nc2cc(Cl)ccc2[N+](=O)[O-])CC1. The number of likely N-dealkylation sites (tertiary alicyclic amines) is 1. The minimum atomic E-state index is -0.576.